The average molecular weight is 336 g/mol. The van der Waals surface area contributed by atoms with Crippen LogP contribution in [0.3, 0.4) is 0 Å². The Hall–Kier alpha value is -1.62. The normalized spacial score (nSPS) is 15.5. The van der Waals surface area contributed by atoms with Gasteiger partial charge in [0.1, 0.15) is 11.6 Å². The maximum atomic E-state index is 12.9. The molecule has 1 saturated heterocycles. The minimum absolute atomic E-state index is 0.190. The van der Waals surface area contributed by atoms with Gasteiger partial charge < -0.3 is 9.80 Å². The molecule has 3 nitrogen and oxygen atoms in total. The third-order valence-corrected chi connectivity index (χ3v) is 4.13. The van der Waals surface area contributed by atoms with Crippen LogP contribution in [0.2, 0.25) is 0 Å². The van der Waals surface area contributed by atoms with E-state index in [9.17, 15) is 4.39 Å². The summed E-state index contributed by atoms with van der Waals surface area (Å²) in [7, 11) is 0. The van der Waals surface area contributed by atoms with Crippen LogP contribution in [-0.4, -0.2) is 31.2 Å². The number of anilines is 2. The summed E-state index contributed by atoms with van der Waals surface area (Å²) in [5, 5.41) is 0. The molecule has 20 heavy (non-hydrogen) atoms. The predicted octanol–water partition coefficient (Wildman–Crippen LogP) is 3.31. The maximum absolute atomic E-state index is 12.9. The van der Waals surface area contributed by atoms with E-state index in [-0.39, 0.29) is 5.82 Å². The van der Waals surface area contributed by atoms with Crippen LogP contribution >= 0.6 is 15.9 Å². The molecule has 0 radical (unpaired) electrons. The van der Waals surface area contributed by atoms with Crippen molar-refractivity contribution in [2.24, 2.45) is 0 Å². The molecule has 2 heterocycles. The first kappa shape index (κ1) is 13.4. The Kier molecular flexibility index (Phi) is 3.87. The van der Waals surface area contributed by atoms with Crippen molar-refractivity contribution in [3.05, 3.63) is 52.9 Å². The lowest BCUT2D eigenvalue weighted by atomic mass is 10.2. The summed E-state index contributed by atoms with van der Waals surface area (Å²) in [6, 6.07) is 10.6. The van der Waals surface area contributed by atoms with E-state index in [1.54, 1.807) is 0 Å². The summed E-state index contributed by atoms with van der Waals surface area (Å²) in [5.41, 5.74) is 1.08. The summed E-state index contributed by atoms with van der Waals surface area (Å²) in [5.74, 6) is 0.802. The molecule has 2 aromatic rings. The summed E-state index contributed by atoms with van der Waals surface area (Å²) < 4.78 is 14.0. The highest BCUT2D eigenvalue weighted by Crippen LogP contribution is 2.25. The van der Waals surface area contributed by atoms with E-state index < -0.39 is 0 Å². The molecule has 5 heteroatoms. The minimum Gasteiger partial charge on any atom is -0.368 e. The number of rotatable bonds is 2. The molecule has 0 spiro atoms. The summed E-state index contributed by atoms with van der Waals surface area (Å²) in [6.45, 7) is 3.64. The van der Waals surface area contributed by atoms with Crippen molar-refractivity contribution < 1.29 is 4.39 Å². The number of pyridine rings is 1. The standard InChI is InChI=1S/C15H15BrFN3/c16-14-2-1-7-18-15(14)20-10-8-19(9-11-20)13-5-3-12(17)4-6-13/h1-7H,8-11H2. The highest BCUT2D eigenvalue weighted by molar-refractivity contribution is 9.10. The van der Waals surface area contributed by atoms with Crippen LogP contribution in [0.4, 0.5) is 15.9 Å². The predicted molar refractivity (Wildman–Crippen MR) is 82.8 cm³/mol. The van der Waals surface area contributed by atoms with Crippen LogP contribution in [0.15, 0.2) is 47.1 Å². The largest absolute Gasteiger partial charge is 0.368 e. The van der Waals surface area contributed by atoms with Gasteiger partial charge in [0.05, 0.1) is 4.47 Å². The fraction of sp³-hybridized carbons (Fsp3) is 0.267. The van der Waals surface area contributed by atoms with E-state index in [1.165, 1.54) is 12.1 Å². The molecule has 1 aliphatic rings. The summed E-state index contributed by atoms with van der Waals surface area (Å²) in [6.07, 6.45) is 1.81. The van der Waals surface area contributed by atoms with E-state index in [0.717, 1.165) is 42.2 Å². The van der Waals surface area contributed by atoms with Gasteiger partial charge >= 0.3 is 0 Å². The zero-order valence-corrected chi connectivity index (χ0v) is 12.6. The SMILES string of the molecule is Fc1ccc(N2CCN(c3ncccc3Br)CC2)cc1. The van der Waals surface area contributed by atoms with E-state index in [0.29, 0.717) is 0 Å². The molecular weight excluding hydrogens is 321 g/mol. The van der Waals surface area contributed by atoms with Gasteiger partial charge in [-0.2, -0.15) is 0 Å². The van der Waals surface area contributed by atoms with Gasteiger partial charge in [0.2, 0.25) is 0 Å². The number of piperazine rings is 1. The number of hydrogen-bond acceptors (Lipinski definition) is 3. The third kappa shape index (κ3) is 2.77. The highest BCUT2D eigenvalue weighted by atomic mass is 79.9. The van der Waals surface area contributed by atoms with Gasteiger partial charge in [0.25, 0.3) is 0 Å². The van der Waals surface area contributed by atoms with Crippen molar-refractivity contribution in [1.82, 2.24) is 4.98 Å². The van der Waals surface area contributed by atoms with Crippen LogP contribution in [0, 0.1) is 5.82 Å². The van der Waals surface area contributed by atoms with Gasteiger partial charge in [-0.05, 0) is 52.3 Å². The Bertz CT molecular complexity index is 580. The van der Waals surface area contributed by atoms with Gasteiger partial charge in [-0.1, -0.05) is 0 Å². The minimum atomic E-state index is -0.190. The number of benzene rings is 1. The van der Waals surface area contributed by atoms with E-state index >= 15 is 0 Å². The molecule has 0 saturated carbocycles. The van der Waals surface area contributed by atoms with Gasteiger partial charge in [-0.3, -0.25) is 0 Å². The Labute approximate surface area is 126 Å². The van der Waals surface area contributed by atoms with Crippen molar-refractivity contribution in [1.29, 1.82) is 0 Å². The molecule has 0 bridgehead atoms. The molecule has 0 amide bonds. The van der Waals surface area contributed by atoms with Crippen LogP contribution in [0.25, 0.3) is 0 Å². The first-order valence-electron chi connectivity index (χ1n) is 6.60. The summed E-state index contributed by atoms with van der Waals surface area (Å²) in [4.78, 5) is 8.96. The second-order valence-electron chi connectivity index (χ2n) is 4.76. The molecule has 1 aliphatic heterocycles. The molecule has 0 atom stereocenters. The van der Waals surface area contributed by atoms with Gasteiger partial charge in [0, 0.05) is 38.1 Å². The lowest BCUT2D eigenvalue weighted by Crippen LogP contribution is -2.47. The fourth-order valence-electron chi connectivity index (χ4n) is 2.44. The lowest BCUT2D eigenvalue weighted by molar-refractivity contribution is 0.624. The van der Waals surface area contributed by atoms with Gasteiger partial charge in [-0.15, -0.1) is 0 Å². The second-order valence-corrected chi connectivity index (χ2v) is 5.61. The van der Waals surface area contributed by atoms with Crippen LogP contribution in [0.1, 0.15) is 0 Å². The van der Waals surface area contributed by atoms with Crippen molar-refractivity contribution >= 4 is 27.4 Å². The van der Waals surface area contributed by atoms with Crippen molar-refractivity contribution in [2.75, 3.05) is 36.0 Å². The Morgan fingerprint density at radius 3 is 2.25 bits per heavy atom. The topological polar surface area (TPSA) is 19.4 Å². The Morgan fingerprint density at radius 2 is 1.60 bits per heavy atom. The number of nitrogens with zero attached hydrogens (tertiary/aromatic N) is 3. The van der Waals surface area contributed by atoms with E-state index in [1.807, 2.05) is 30.5 Å². The first-order valence-corrected chi connectivity index (χ1v) is 7.39. The monoisotopic (exact) mass is 335 g/mol. The third-order valence-electron chi connectivity index (χ3n) is 3.51. The highest BCUT2D eigenvalue weighted by Gasteiger charge is 2.19. The Balaban J connectivity index is 1.68. The van der Waals surface area contributed by atoms with Crippen LogP contribution in [0.5, 0.6) is 0 Å². The van der Waals surface area contributed by atoms with E-state index in [2.05, 4.69) is 30.7 Å². The zero-order valence-electron chi connectivity index (χ0n) is 11.0. The molecule has 0 unspecified atom stereocenters. The second kappa shape index (κ2) is 5.79. The first-order chi connectivity index (χ1) is 9.74. The van der Waals surface area contributed by atoms with Crippen molar-refractivity contribution in [3.8, 4) is 0 Å². The van der Waals surface area contributed by atoms with Gasteiger partial charge in [-0.25, -0.2) is 9.37 Å². The fourth-order valence-corrected chi connectivity index (χ4v) is 2.94. The van der Waals surface area contributed by atoms with Crippen molar-refractivity contribution in [3.63, 3.8) is 0 Å². The van der Waals surface area contributed by atoms with E-state index in [4.69, 9.17) is 0 Å². The molecule has 3 rings (SSSR count). The molecule has 1 aromatic heterocycles. The Morgan fingerprint density at radius 1 is 0.950 bits per heavy atom. The smallest absolute Gasteiger partial charge is 0.142 e. The van der Waals surface area contributed by atoms with Crippen molar-refractivity contribution in [2.45, 2.75) is 0 Å². The van der Waals surface area contributed by atoms with Crippen LogP contribution in [-0.2, 0) is 0 Å². The maximum Gasteiger partial charge on any atom is 0.142 e. The number of aromatic nitrogens is 1. The number of hydrogen-bond donors (Lipinski definition) is 0. The lowest BCUT2D eigenvalue weighted by Gasteiger charge is -2.37. The zero-order chi connectivity index (χ0) is 13.9. The molecular formula is C15H15BrFN3. The van der Waals surface area contributed by atoms with Crippen LogP contribution < -0.4 is 9.80 Å². The molecule has 1 fully saturated rings. The molecule has 0 aliphatic carbocycles. The average Bonchev–Trinajstić information content (AvgIpc) is 2.49. The molecule has 1 aromatic carbocycles. The quantitative estimate of drug-likeness (QED) is 0.839. The number of halogens is 2. The summed E-state index contributed by atoms with van der Waals surface area (Å²) >= 11 is 3.54. The molecule has 0 N–H and O–H groups in total. The molecule has 104 valence electrons. The van der Waals surface area contributed by atoms with Gasteiger partial charge in [0.15, 0.2) is 0 Å².